The number of rotatable bonds is 7. The summed E-state index contributed by atoms with van der Waals surface area (Å²) in [6, 6.07) is 0.132. The first kappa shape index (κ1) is 16.4. The fourth-order valence-electron chi connectivity index (χ4n) is 2.16. The molecule has 0 fully saturated rings. The van der Waals surface area contributed by atoms with Crippen molar-refractivity contribution in [3.8, 4) is 0 Å². The second-order valence-corrected chi connectivity index (χ2v) is 5.02. The molecule has 0 aromatic carbocycles. The van der Waals surface area contributed by atoms with Crippen LogP contribution in [0.1, 0.15) is 31.3 Å². The largest absolute Gasteiger partial charge is 0.369 e. The van der Waals surface area contributed by atoms with Gasteiger partial charge in [-0.2, -0.15) is 0 Å². The molecule has 0 saturated heterocycles. The third-order valence-corrected chi connectivity index (χ3v) is 2.97. The molecule has 1 aromatic heterocycles. The SMILES string of the molecule is CCNc1cncc(C(=O)N(CC)C(C)CN(C)C)n1. The predicted octanol–water partition coefficient (Wildman–Crippen LogP) is 1.32. The van der Waals surface area contributed by atoms with Crippen LogP contribution in [0, 0.1) is 0 Å². The van der Waals surface area contributed by atoms with Gasteiger partial charge in [-0.1, -0.05) is 0 Å². The number of hydrogen-bond acceptors (Lipinski definition) is 5. The highest BCUT2D eigenvalue weighted by molar-refractivity contribution is 5.92. The number of likely N-dealkylation sites (N-methyl/N-ethyl adjacent to an activating group) is 2. The minimum Gasteiger partial charge on any atom is -0.369 e. The van der Waals surface area contributed by atoms with Gasteiger partial charge in [0.15, 0.2) is 0 Å². The lowest BCUT2D eigenvalue weighted by Crippen LogP contribution is -2.44. The van der Waals surface area contributed by atoms with Crippen molar-refractivity contribution in [2.75, 3.05) is 39.0 Å². The van der Waals surface area contributed by atoms with Gasteiger partial charge in [0.1, 0.15) is 11.5 Å². The second kappa shape index (κ2) is 7.79. The van der Waals surface area contributed by atoms with Crippen molar-refractivity contribution in [2.45, 2.75) is 26.8 Å². The Balaban J connectivity index is 2.87. The van der Waals surface area contributed by atoms with Gasteiger partial charge in [0.25, 0.3) is 5.91 Å². The Kier molecular flexibility index (Phi) is 6.38. The van der Waals surface area contributed by atoms with Crippen molar-refractivity contribution in [1.82, 2.24) is 19.8 Å². The highest BCUT2D eigenvalue weighted by Crippen LogP contribution is 2.09. The number of anilines is 1. The van der Waals surface area contributed by atoms with E-state index >= 15 is 0 Å². The zero-order valence-corrected chi connectivity index (χ0v) is 13.1. The van der Waals surface area contributed by atoms with E-state index < -0.39 is 0 Å². The molecular formula is C14H25N5O. The van der Waals surface area contributed by atoms with Crippen molar-refractivity contribution >= 4 is 11.7 Å². The molecule has 1 atom stereocenters. The summed E-state index contributed by atoms with van der Waals surface area (Å²) >= 11 is 0. The van der Waals surface area contributed by atoms with E-state index in [0.29, 0.717) is 18.1 Å². The Bertz CT molecular complexity index is 435. The van der Waals surface area contributed by atoms with Crippen LogP contribution >= 0.6 is 0 Å². The quantitative estimate of drug-likeness (QED) is 0.815. The zero-order valence-electron chi connectivity index (χ0n) is 13.1. The van der Waals surface area contributed by atoms with Crippen LogP contribution in [0.15, 0.2) is 12.4 Å². The first-order valence-corrected chi connectivity index (χ1v) is 7.01. The molecular weight excluding hydrogens is 254 g/mol. The van der Waals surface area contributed by atoms with Gasteiger partial charge in [0.05, 0.1) is 12.4 Å². The maximum Gasteiger partial charge on any atom is 0.274 e. The van der Waals surface area contributed by atoms with Gasteiger partial charge < -0.3 is 15.1 Å². The third-order valence-electron chi connectivity index (χ3n) is 2.97. The Labute approximate surface area is 121 Å². The number of hydrogen-bond donors (Lipinski definition) is 1. The fourth-order valence-corrected chi connectivity index (χ4v) is 2.16. The monoisotopic (exact) mass is 279 g/mol. The molecule has 1 amide bonds. The van der Waals surface area contributed by atoms with E-state index in [1.807, 2.05) is 39.8 Å². The molecule has 1 aromatic rings. The van der Waals surface area contributed by atoms with Crippen LogP contribution in [0.3, 0.4) is 0 Å². The van der Waals surface area contributed by atoms with Gasteiger partial charge in [0.2, 0.25) is 0 Å². The molecule has 0 saturated carbocycles. The van der Waals surface area contributed by atoms with Crippen molar-refractivity contribution in [3.63, 3.8) is 0 Å². The molecule has 1 N–H and O–H groups in total. The topological polar surface area (TPSA) is 61.4 Å². The summed E-state index contributed by atoms with van der Waals surface area (Å²) in [7, 11) is 4.00. The fraction of sp³-hybridized carbons (Fsp3) is 0.643. The van der Waals surface area contributed by atoms with E-state index in [2.05, 4.69) is 20.2 Å². The predicted molar refractivity (Wildman–Crippen MR) is 80.9 cm³/mol. The molecule has 0 aliphatic rings. The van der Waals surface area contributed by atoms with Crippen LogP contribution in [0.5, 0.6) is 0 Å². The zero-order chi connectivity index (χ0) is 15.1. The molecule has 0 radical (unpaired) electrons. The molecule has 0 aliphatic heterocycles. The first-order valence-electron chi connectivity index (χ1n) is 7.01. The summed E-state index contributed by atoms with van der Waals surface area (Å²) in [5, 5.41) is 3.07. The molecule has 0 aliphatic carbocycles. The van der Waals surface area contributed by atoms with Crippen molar-refractivity contribution < 1.29 is 4.79 Å². The van der Waals surface area contributed by atoms with Crippen molar-refractivity contribution in [1.29, 1.82) is 0 Å². The standard InChI is InChI=1S/C14H25N5O/c1-6-16-13-9-15-8-12(17-13)14(20)19(7-2)11(3)10-18(4)5/h8-9,11H,6-7,10H2,1-5H3,(H,16,17). The minimum absolute atomic E-state index is 0.0749. The van der Waals surface area contributed by atoms with Gasteiger partial charge in [-0.3, -0.25) is 9.78 Å². The average Bonchev–Trinajstić information content (AvgIpc) is 2.39. The summed E-state index contributed by atoms with van der Waals surface area (Å²) in [5.41, 5.74) is 0.385. The molecule has 0 bridgehead atoms. The summed E-state index contributed by atoms with van der Waals surface area (Å²) in [6.45, 7) is 8.23. The Morgan fingerprint density at radius 3 is 2.60 bits per heavy atom. The van der Waals surface area contributed by atoms with Crippen LogP contribution in [0.2, 0.25) is 0 Å². The van der Waals surface area contributed by atoms with Crippen LogP contribution in [0.4, 0.5) is 5.82 Å². The maximum atomic E-state index is 12.5. The van der Waals surface area contributed by atoms with E-state index in [1.165, 1.54) is 6.20 Å². The van der Waals surface area contributed by atoms with E-state index in [4.69, 9.17) is 0 Å². The maximum absolute atomic E-state index is 12.5. The summed E-state index contributed by atoms with van der Waals surface area (Å²) < 4.78 is 0. The highest BCUT2D eigenvalue weighted by atomic mass is 16.2. The van der Waals surface area contributed by atoms with Crippen LogP contribution in [-0.4, -0.2) is 65.4 Å². The number of aromatic nitrogens is 2. The van der Waals surface area contributed by atoms with Gasteiger partial charge in [-0.15, -0.1) is 0 Å². The summed E-state index contributed by atoms with van der Waals surface area (Å²) in [6.07, 6.45) is 3.15. The molecule has 6 heteroatoms. The van der Waals surface area contributed by atoms with Crippen LogP contribution in [0.25, 0.3) is 0 Å². The Morgan fingerprint density at radius 2 is 2.05 bits per heavy atom. The Hall–Kier alpha value is -1.69. The van der Waals surface area contributed by atoms with Crippen molar-refractivity contribution in [2.24, 2.45) is 0 Å². The van der Waals surface area contributed by atoms with E-state index in [0.717, 1.165) is 13.1 Å². The third kappa shape index (κ3) is 4.45. The highest BCUT2D eigenvalue weighted by Gasteiger charge is 2.22. The normalized spacial score (nSPS) is 12.3. The van der Waals surface area contributed by atoms with Gasteiger partial charge >= 0.3 is 0 Å². The lowest BCUT2D eigenvalue weighted by Gasteiger charge is -2.29. The second-order valence-electron chi connectivity index (χ2n) is 5.02. The van der Waals surface area contributed by atoms with Crippen LogP contribution < -0.4 is 5.32 Å². The molecule has 1 rings (SSSR count). The lowest BCUT2D eigenvalue weighted by atomic mass is 10.2. The van der Waals surface area contributed by atoms with Gasteiger partial charge in [0, 0.05) is 25.7 Å². The smallest absolute Gasteiger partial charge is 0.274 e. The Morgan fingerprint density at radius 1 is 1.35 bits per heavy atom. The summed E-state index contributed by atoms with van der Waals surface area (Å²) in [4.78, 5) is 24.8. The average molecular weight is 279 g/mol. The molecule has 1 unspecified atom stereocenters. The van der Waals surface area contributed by atoms with Crippen LogP contribution in [-0.2, 0) is 0 Å². The number of carbonyl (C=O) groups is 1. The number of nitrogens with zero attached hydrogens (tertiary/aromatic N) is 4. The van der Waals surface area contributed by atoms with E-state index in [-0.39, 0.29) is 11.9 Å². The van der Waals surface area contributed by atoms with E-state index in [9.17, 15) is 4.79 Å². The number of amides is 1. The summed E-state index contributed by atoms with van der Waals surface area (Å²) in [5.74, 6) is 0.559. The lowest BCUT2D eigenvalue weighted by molar-refractivity contribution is 0.0672. The molecule has 112 valence electrons. The molecule has 1 heterocycles. The molecule has 20 heavy (non-hydrogen) atoms. The van der Waals surface area contributed by atoms with Crippen molar-refractivity contribution in [3.05, 3.63) is 18.1 Å². The molecule has 6 nitrogen and oxygen atoms in total. The molecule has 0 spiro atoms. The number of nitrogens with one attached hydrogen (secondary N) is 1. The van der Waals surface area contributed by atoms with Gasteiger partial charge in [-0.25, -0.2) is 4.98 Å². The van der Waals surface area contributed by atoms with Gasteiger partial charge in [-0.05, 0) is 34.9 Å². The van der Waals surface area contributed by atoms with E-state index in [1.54, 1.807) is 6.20 Å². The first-order chi connectivity index (χ1) is 9.49. The minimum atomic E-state index is -0.0749. The number of carbonyl (C=O) groups excluding carboxylic acids is 1.